The van der Waals surface area contributed by atoms with Gasteiger partial charge >= 0.3 is 0 Å². The van der Waals surface area contributed by atoms with Gasteiger partial charge in [0, 0.05) is 17.6 Å². The Kier molecular flexibility index (Phi) is 3.74. The Labute approximate surface area is 123 Å². The van der Waals surface area contributed by atoms with E-state index in [1.54, 1.807) is 6.33 Å². The number of anilines is 2. The first-order valence-corrected chi connectivity index (χ1v) is 6.79. The zero-order chi connectivity index (χ0) is 14.5. The van der Waals surface area contributed by atoms with Crippen molar-refractivity contribution in [1.29, 1.82) is 5.26 Å². The molecule has 0 aliphatic heterocycles. The van der Waals surface area contributed by atoms with Gasteiger partial charge in [0.25, 0.3) is 0 Å². The average Bonchev–Trinajstić information content (AvgIpc) is 2.56. The van der Waals surface area contributed by atoms with Gasteiger partial charge in [-0.3, -0.25) is 0 Å². The van der Waals surface area contributed by atoms with Crippen molar-refractivity contribution in [3.8, 4) is 6.07 Å². The zero-order valence-electron chi connectivity index (χ0n) is 11.5. The molecule has 0 atom stereocenters. The molecule has 3 rings (SSSR count). The highest BCUT2D eigenvalue weighted by Crippen LogP contribution is 2.29. The second-order valence-electron chi connectivity index (χ2n) is 4.61. The molecule has 0 amide bonds. The summed E-state index contributed by atoms with van der Waals surface area (Å²) in [6.45, 7) is 0.599. The summed E-state index contributed by atoms with van der Waals surface area (Å²) in [4.78, 5) is 10.8. The maximum Gasteiger partial charge on any atom is 0.144 e. The van der Waals surface area contributed by atoms with E-state index in [2.05, 4.69) is 20.9 Å². The minimum absolute atomic E-state index is 0.438. The van der Waals surface area contributed by atoms with Crippen LogP contribution in [0, 0.1) is 11.3 Å². The molecular weight excluding hydrogens is 260 g/mol. The molecule has 21 heavy (non-hydrogen) atoms. The summed E-state index contributed by atoms with van der Waals surface area (Å²) in [5, 5.41) is 9.90. The molecular formula is C17H14N4. The van der Waals surface area contributed by atoms with E-state index >= 15 is 0 Å². The first kappa shape index (κ1) is 13.1. The number of fused-ring (bicyclic) bond motifs is 1. The van der Waals surface area contributed by atoms with Crippen LogP contribution in [-0.2, 0) is 0 Å². The van der Waals surface area contributed by atoms with Crippen molar-refractivity contribution >= 4 is 22.4 Å². The van der Waals surface area contributed by atoms with Gasteiger partial charge in [-0.2, -0.15) is 5.26 Å². The Hall–Kier alpha value is -2.93. The smallest absolute Gasteiger partial charge is 0.144 e. The zero-order valence-corrected chi connectivity index (χ0v) is 11.5. The molecule has 0 saturated carbocycles. The van der Waals surface area contributed by atoms with Crippen LogP contribution < -0.4 is 4.90 Å². The van der Waals surface area contributed by atoms with E-state index in [0.717, 1.165) is 22.4 Å². The van der Waals surface area contributed by atoms with Gasteiger partial charge in [-0.25, -0.2) is 9.97 Å². The largest absolute Gasteiger partial charge is 0.325 e. The Morgan fingerprint density at radius 1 is 0.952 bits per heavy atom. The Bertz CT molecular complexity index is 772. The number of hydrogen-bond donors (Lipinski definition) is 0. The fourth-order valence-corrected chi connectivity index (χ4v) is 2.33. The second-order valence-corrected chi connectivity index (χ2v) is 4.61. The minimum atomic E-state index is 0.438. The molecule has 0 saturated heterocycles. The van der Waals surface area contributed by atoms with Gasteiger partial charge in [-0.1, -0.05) is 30.3 Å². The number of nitriles is 1. The third kappa shape index (κ3) is 2.67. The molecule has 1 heterocycles. The molecule has 0 radical (unpaired) electrons. The van der Waals surface area contributed by atoms with Gasteiger partial charge in [0.2, 0.25) is 0 Å². The number of nitrogens with zero attached hydrogens (tertiary/aromatic N) is 4. The molecule has 0 fully saturated rings. The summed E-state index contributed by atoms with van der Waals surface area (Å²) in [6.07, 6.45) is 2.01. The van der Waals surface area contributed by atoms with Crippen LogP contribution in [0.1, 0.15) is 6.42 Å². The Morgan fingerprint density at radius 2 is 1.71 bits per heavy atom. The van der Waals surface area contributed by atoms with Crippen LogP contribution in [0.25, 0.3) is 10.9 Å². The summed E-state index contributed by atoms with van der Waals surface area (Å²) in [5.74, 6) is 0.835. The van der Waals surface area contributed by atoms with Crippen LogP contribution in [0.4, 0.5) is 11.5 Å². The number of rotatable bonds is 4. The summed E-state index contributed by atoms with van der Waals surface area (Å²) in [7, 11) is 0. The van der Waals surface area contributed by atoms with Crippen LogP contribution in [-0.4, -0.2) is 16.5 Å². The van der Waals surface area contributed by atoms with E-state index in [1.165, 1.54) is 0 Å². The van der Waals surface area contributed by atoms with Gasteiger partial charge in [0.15, 0.2) is 0 Å². The predicted molar refractivity (Wildman–Crippen MR) is 83.2 cm³/mol. The van der Waals surface area contributed by atoms with E-state index in [-0.39, 0.29) is 0 Å². The number of benzene rings is 2. The second kappa shape index (κ2) is 6.02. The normalized spacial score (nSPS) is 10.2. The van der Waals surface area contributed by atoms with E-state index in [0.29, 0.717) is 13.0 Å². The number of aromatic nitrogens is 2. The number of para-hydroxylation sites is 2. The van der Waals surface area contributed by atoms with E-state index in [9.17, 15) is 0 Å². The Morgan fingerprint density at radius 3 is 2.52 bits per heavy atom. The lowest BCUT2D eigenvalue weighted by Crippen LogP contribution is -2.19. The Balaban J connectivity index is 2.13. The summed E-state index contributed by atoms with van der Waals surface area (Å²) < 4.78 is 0. The molecule has 0 N–H and O–H groups in total. The van der Waals surface area contributed by atoms with Crippen LogP contribution in [0.5, 0.6) is 0 Å². The van der Waals surface area contributed by atoms with Crippen LogP contribution in [0.3, 0.4) is 0 Å². The van der Waals surface area contributed by atoms with E-state index < -0.39 is 0 Å². The third-order valence-corrected chi connectivity index (χ3v) is 3.29. The van der Waals surface area contributed by atoms with Gasteiger partial charge < -0.3 is 4.90 Å². The van der Waals surface area contributed by atoms with Crippen molar-refractivity contribution in [2.24, 2.45) is 0 Å². The van der Waals surface area contributed by atoms with Crippen molar-refractivity contribution in [3.05, 3.63) is 60.9 Å². The molecule has 1 aromatic heterocycles. The molecule has 4 nitrogen and oxygen atoms in total. The molecule has 0 aliphatic rings. The quantitative estimate of drug-likeness (QED) is 0.728. The molecule has 4 heteroatoms. The fraction of sp³-hybridized carbons (Fsp3) is 0.118. The van der Waals surface area contributed by atoms with Crippen molar-refractivity contribution in [3.63, 3.8) is 0 Å². The highest BCUT2D eigenvalue weighted by Gasteiger charge is 2.13. The standard InChI is InChI=1S/C17H14N4/c18-11-6-12-21(14-7-2-1-3-8-14)17-15-9-4-5-10-16(15)19-13-20-17/h1-5,7-10,13H,6,12H2. The lowest BCUT2D eigenvalue weighted by Gasteiger charge is -2.23. The lowest BCUT2D eigenvalue weighted by molar-refractivity contribution is 0.928. The van der Waals surface area contributed by atoms with Crippen molar-refractivity contribution in [2.45, 2.75) is 6.42 Å². The summed E-state index contributed by atoms with van der Waals surface area (Å²) >= 11 is 0. The van der Waals surface area contributed by atoms with Crippen LogP contribution in [0.2, 0.25) is 0 Å². The maximum atomic E-state index is 8.91. The maximum absolute atomic E-state index is 8.91. The van der Waals surface area contributed by atoms with Crippen molar-refractivity contribution in [2.75, 3.05) is 11.4 Å². The van der Waals surface area contributed by atoms with Gasteiger partial charge in [-0.05, 0) is 24.3 Å². The topological polar surface area (TPSA) is 52.8 Å². The van der Waals surface area contributed by atoms with Crippen LogP contribution >= 0.6 is 0 Å². The first-order valence-electron chi connectivity index (χ1n) is 6.79. The summed E-state index contributed by atoms with van der Waals surface area (Å²) in [6, 6.07) is 20.1. The van der Waals surface area contributed by atoms with Crippen molar-refractivity contribution in [1.82, 2.24) is 9.97 Å². The minimum Gasteiger partial charge on any atom is -0.325 e. The molecule has 0 unspecified atom stereocenters. The molecule has 0 spiro atoms. The first-order chi connectivity index (χ1) is 10.4. The monoisotopic (exact) mass is 274 g/mol. The number of hydrogen-bond acceptors (Lipinski definition) is 4. The van der Waals surface area contributed by atoms with Gasteiger partial charge in [-0.15, -0.1) is 0 Å². The molecule has 3 aromatic rings. The fourth-order valence-electron chi connectivity index (χ4n) is 2.33. The lowest BCUT2D eigenvalue weighted by atomic mass is 10.2. The predicted octanol–water partition coefficient (Wildman–Crippen LogP) is 3.68. The van der Waals surface area contributed by atoms with Crippen LogP contribution in [0.15, 0.2) is 60.9 Å². The third-order valence-electron chi connectivity index (χ3n) is 3.29. The molecule has 2 aromatic carbocycles. The van der Waals surface area contributed by atoms with Gasteiger partial charge in [0.1, 0.15) is 12.1 Å². The molecule has 0 aliphatic carbocycles. The van der Waals surface area contributed by atoms with E-state index in [4.69, 9.17) is 5.26 Å². The van der Waals surface area contributed by atoms with E-state index in [1.807, 2.05) is 54.6 Å². The SMILES string of the molecule is N#CCCN(c1ccccc1)c1ncnc2ccccc12. The highest BCUT2D eigenvalue weighted by atomic mass is 15.2. The summed E-state index contributed by atoms with van der Waals surface area (Å²) in [5.41, 5.74) is 1.93. The molecule has 102 valence electrons. The van der Waals surface area contributed by atoms with Gasteiger partial charge in [0.05, 0.1) is 18.0 Å². The van der Waals surface area contributed by atoms with Crippen molar-refractivity contribution < 1.29 is 0 Å². The molecule has 0 bridgehead atoms. The average molecular weight is 274 g/mol. The highest BCUT2D eigenvalue weighted by molar-refractivity contribution is 5.91.